The standard InChI is InChI=1S/C14H21N3S/c1-14(7-4-8-18-14)9-15-13-11-5-2-3-6-12(11)16-10-17-13/h10H,2-9H2,1H3,(H,15,16,17). The van der Waals surface area contributed by atoms with Gasteiger partial charge in [-0.05, 0) is 51.2 Å². The van der Waals surface area contributed by atoms with Crippen molar-refractivity contribution in [1.29, 1.82) is 0 Å². The van der Waals surface area contributed by atoms with E-state index in [4.69, 9.17) is 0 Å². The Morgan fingerprint density at radius 1 is 1.28 bits per heavy atom. The van der Waals surface area contributed by atoms with E-state index in [0.29, 0.717) is 4.75 Å². The highest BCUT2D eigenvalue weighted by Crippen LogP contribution is 2.38. The molecule has 2 heterocycles. The number of anilines is 1. The molecule has 18 heavy (non-hydrogen) atoms. The van der Waals surface area contributed by atoms with Crippen molar-refractivity contribution < 1.29 is 0 Å². The van der Waals surface area contributed by atoms with E-state index in [1.54, 1.807) is 6.33 Å². The average Bonchev–Trinajstić information content (AvgIpc) is 2.84. The summed E-state index contributed by atoms with van der Waals surface area (Å²) >= 11 is 2.10. The first-order valence-electron chi connectivity index (χ1n) is 6.97. The van der Waals surface area contributed by atoms with E-state index in [-0.39, 0.29) is 0 Å². The predicted molar refractivity (Wildman–Crippen MR) is 77.3 cm³/mol. The van der Waals surface area contributed by atoms with Crippen LogP contribution in [0, 0.1) is 0 Å². The molecule has 98 valence electrons. The van der Waals surface area contributed by atoms with Gasteiger partial charge < -0.3 is 5.32 Å². The molecule has 1 aromatic rings. The summed E-state index contributed by atoms with van der Waals surface area (Å²) in [6.07, 6.45) is 9.21. The van der Waals surface area contributed by atoms with Crippen molar-refractivity contribution in [3.63, 3.8) is 0 Å². The summed E-state index contributed by atoms with van der Waals surface area (Å²) in [5.74, 6) is 2.40. The molecule has 0 aromatic carbocycles. The molecule has 0 bridgehead atoms. The fourth-order valence-corrected chi connectivity index (χ4v) is 4.16. The third-order valence-corrected chi connectivity index (χ3v) is 5.59. The summed E-state index contributed by atoms with van der Waals surface area (Å²) < 4.78 is 0.395. The number of aromatic nitrogens is 2. The summed E-state index contributed by atoms with van der Waals surface area (Å²) in [6.45, 7) is 3.40. The van der Waals surface area contributed by atoms with Crippen LogP contribution in [-0.2, 0) is 12.8 Å². The van der Waals surface area contributed by atoms with E-state index in [2.05, 4.69) is 34.0 Å². The summed E-state index contributed by atoms with van der Waals surface area (Å²) in [5.41, 5.74) is 2.64. The lowest BCUT2D eigenvalue weighted by Gasteiger charge is -2.25. The van der Waals surface area contributed by atoms with Gasteiger partial charge in [0.15, 0.2) is 0 Å². The molecule has 3 rings (SSSR count). The van der Waals surface area contributed by atoms with Gasteiger partial charge in [-0.25, -0.2) is 9.97 Å². The van der Waals surface area contributed by atoms with Crippen LogP contribution in [0.1, 0.15) is 43.9 Å². The van der Waals surface area contributed by atoms with Gasteiger partial charge in [0.2, 0.25) is 0 Å². The van der Waals surface area contributed by atoms with E-state index in [9.17, 15) is 0 Å². The highest BCUT2D eigenvalue weighted by molar-refractivity contribution is 8.00. The Labute approximate surface area is 113 Å². The van der Waals surface area contributed by atoms with Gasteiger partial charge in [0.05, 0.1) is 0 Å². The van der Waals surface area contributed by atoms with Crippen LogP contribution in [0.25, 0.3) is 0 Å². The number of aryl methyl sites for hydroxylation is 1. The lowest BCUT2D eigenvalue weighted by Crippen LogP contribution is -2.28. The van der Waals surface area contributed by atoms with E-state index in [0.717, 1.165) is 25.2 Å². The molecule has 0 saturated carbocycles. The zero-order valence-electron chi connectivity index (χ0n) is 11.0. The Morgan fingerprint density at radius 2 is 2.17 bits per heavy atom. The number of thioether (sulfide) groups is 1. The first-order valence-corrected chi connectivity index (χ1v) is 7.96. The van der Waals surface area contributed by atoms with Crippen LogP contribution in [0.2, 0.25) is 0 Å². The van der Waals surface area contributed by atoms with Gasteiger partial charge in [-0.1, -0.05) is 0 Å². The fraction of sp³-hybridized carbons (Fsp3) is 0.714. The van der Waals surface area contributed by atoms with Crippen LogP contribution in [0.4, 0.5) is 5.82 Å². The van der Waals surface area contributed by atoms with Crippen molar-refractivity contribution in [2.24, 2.45) is 0 Å². The van der Waals surface area contributed by atoms with Gasteiger partial charge in [0.1, 0.15) is 12.1 Å². The van der Waals surface area contributed by atoms with Crippen LogP contribution in [-0.4, -0.2) is 27.0 Å². The molecule has 3 nitrogen and oxygen atoms in total. The molecule has 0 radical (unpaired) electrons. The Kier molecular flexibility index (Phi) is 3.46. The maximum Gasteiger partial charge on any atom is 0.132 e. The predicted octanol–water partition coefficient (Wildman–Crippen LogP) is 3.05. The Morgan fingerprint density at radius 3 is 3.00 bits per heavy atom. The largest absolute Gasteiger partial charge is 0.368 e. The minimum absolute atomic E-state index is 0.395. The number of rotatable bonds is 3. The smallest absolute Gasteiger partial charge is 0.132 e. The molecule has 4 heteroatoms. The molecular formula is C14H21N3S. The highest BCUT2D eigenvalue weighted by Gasteiger charge is 2.29. The minimum Gasteiger partial charge on any atom is -0.368 e. The van der Waals surface area contributed by atoms with Crippen LogP contribution < -0.4 is 5.32 Å². The Balaban J connectivity index is 1.72. The second-order valence-electron chi connectivity index (χ2n) is 5.61. The summed E-state index contributed by atoms with van der Waals surface area (Å²) in [7, 11) is 0. The lowest BCUT2D eigenvalue weighted by molar-refractivity contribution is 0.628. The molecule has 1 aliphatic carbocycles. The van der Waals surface area contributed by atoms with Crippen LogP contribution >= 0.6 is 11.8 Å². The van der Waals surface area contributed by atoms with Gasteiger partial charge in [0.25, 0.3) is 0 Å². The molecule has 0 spiro atoms. The number of fused-ring (bicyclic) bond motifs is 1. The fourth-order valence-electron chi connectivity index (χ4n) is 2.92. The third-order valence-electron chi connectivity index (χ3n) is 4.06. The lowest BCUT2D eigenvalue weighted by atomic mass is 9.96. The molecule has 1 unspecified atom stereocenters. The zero-order valence-corrected chi connectivity index (χ0v) is 11.9. The van der Waals surface area contributed by atoms with Gasteiger partial charge >= 0.3 is 0 Å². The Hall–Kier alpha value is -0.770. The molecule has 1 fully saturated rings. The maximum atomic E-state index is 4.45. The molecule has 1 N–H and O–H groups in total. The second-order valence-corrected chi connectivity index (χ2v) is 7.29. The minimum atomic E-state index is 0.395. The summed E-state index contributed by atoms with van der Waals surface area (Å²) in [4.78, 5) is 8.87. The van der Waals surface area contributed by atoms with Crippen molar-refractivity contribution in [3.05, 3.63) is 17.6 Å². The summed E-state index contributed by atoms with van der Waals surface area (Å²) in [5, 5.41) is 3.58. The topological polar surface area (TPSA) is 37.8 Å². The van der Waals surface area contributed by atoms with Crippen LogP contribution in [0.15, 0.2) is 6.33 Å². The highest BCUT2D eigenvalue weighted by atomic mass is 32.2. The third kappa shape index (κ3) is 2.48. The van der Waals surface area contributed by atoms with E-state index >= 15 is 0 Å². The molecule has 2 aliphatic rings. The number of nitrogens with zero attached hydrogens (tertiary/aromatic N) is 2. The average molecular weight is 263 g/mol. The maximum absolute atomic E-state index is 4.45. The summed E-state index contributed by atoms with van der Waals surface area (Å²) in [6, 6.07) is 0. The molecule has 1 aromatic heterocycles. The van der Waals surface area contributed by atoms with Gasteiger partial charge in [0, 0.05) is 22.5 Å². The number of nitrogens with one attached hydrogen (secondary N) is 1. The molecular weight excluding hydrogens is 242 g/mol. The van der Waals surface area contributed by atoms with Crippen molar-refractivity contribution >= 4 is 17.6 Å². The van der Waals surface area contributed by atoms with Gasteiger partial charge in [-0.2, -0.15) is 11.8 Å². The van der Waals surface area contributed by atoms with Crippen molar-refractivity contribution in [3.8, 4) is 0 Å². The van der Waals surface area contributed by atoms with E-state index in [1.165, 1.54) is 42.7 Å². The van der Waals surface area contributed by atoms with Crippen molar-refractivity contribution in [2.75, 3.05) is 17.6 Å². The van der Waals surface area contributed by atoms with Gasteiger partial charge in [-0.3, -0.25) is 0 Å². The first kappa shape index (κ1) is 12.3. The normalized spacial score (nSPS) is 26.9. The van der Waals surface area contributed by atoms with E-state index < -0.39 is 0 Å². The Bertz CT molecular complexity index is 427. The van der Waals surface area contributed by atoms with Crippen LogP contribution in [0.3, 0.4) is 0 Å². The molecule has 1 saturated heterocycles. The monoisotopic (exact) mass is 263 g/mol. The quantitative estimate of drug-likeness (QED) is 0.909. The van der Waals surface area contributed by atoms with Crippen molar-refractivity contribution in [1.82, 2.24) is 9.97 Å². The molecule has 1 atom stereocenters. The SMILES string of the molecule is CC1(CNc2ncnc3c2CCCC3)CCCS1. The van der Waals surface area contributed by atoms with Crippen LogP contribution in [0.5, 0.6) is 0 Å². The molecule has 0 amide bonds. The first-order chi connectivity index (χ1) is 8.77. The molecule has 1 aliphatic heterocycles. The van der Waals surface area contributed by atoms with Gasteiger partial charge in [-0.15, -0.1) is 0 Å². The van der Waals surface area contributed by atoms with Crippen molar-refractivity contribution in [2.45, 2.75) is 50.2 Å². The van der Waals surface area contributed by atoms with E-state index in [1.807, 2.05) is 0 Å². The second kappa shape index (κ2) is 5.08. The number of hydrogen-bond donors (Lipinski definition) is 1. The zero-order chi connectivity index (χ0) is 12.4. The number of hydrogen-bond acceptors (Lipinski definition) is 4.